The van der Waals surface area contributed by atoms with Crippen LogP contribution in [-0.2, 0) is 6.54 Å². The molecule has 1 N–H and O–H groups in total. The number of benzene rings is 1. The lowest BCUT2D eigenvalue weighted by Crippen LogP contribution is -2.39. The lowest BCUT2D eigenvalue weighted by Gasteiger charge is -2.30. The molecule has 0 bridgehead atoms. The summed E-state index contributed by atoms with van der Waals surface area (Å²) in [4.78, 5) is 4.57. The highest BCUT2D eigenvalue weighted by atomic mass is 79.9. The fourth-order valence-corrected chi connectivity index (χ4v) is 2.99. The van der Waals surface area contributed by atoms with Crippen molar-refractivity contribution < 1.29 is 5.11 Å². The van der Waals surface area contributed by atoms with Gasteiger partial charge in [-0.05, 0) is 52.2 Å². The number of aryl methyl sites for hydroxylation is 1. The van der Waals surface area contributed by atoms with Crippen molar-refractivity contribution in [3.63, 3.8) is 0 Å². The van der Waals surface area contributed by atoms with Crippen molar-refractivity contribution in [3.05, 3.63) is 27.7 Å². The van der Waals surface area contributed by atoms with Gasteiger partial charge in [-0.25, -0.2) is 0 Å². The average Bonchev–Trinajstić information content (AvgIpc) is 2.30. The third kappa shape index (κ3) is 4.79. The summed E-state index contributed by atoms with van der Waals surface area (Å²) in [6.45, 7) is 9.09. The summed E-state index contributed by atoms with van der Waals surface area (Å²) >= 11 is 3.50. The molecule has 19 heavy (non-hydrogen) atoms. The summed E-state index contributed by atoms with van der Waals surface area (Å²) in [5, 5.41) is 10.2. The summed E-state index contributed by atoms with van der Waals surface area (Å²) in [7, 11) is 4.18. The predicted octanol–water partition coefficient (Wildman–Crippen LogP) is 3.24. The molecule has 0 aliphatic heterocycles. The number of aromatic hydroxyl groups is 1. The van der Waals surface area contributed by atoms with Crippen LogP contribution in [0.2, 0.25) is 0 Å². The first-order chi connectivity index (χ1) is 8.85. The normalized spacial score (nSPS) is 13.3. The molecule has 0 saturated carbocycles. The first kappa shape index (κ1) is 16.5. The van der Waals surface area contributed by atoms with Crippen LogP contribution in [0.5, 0.6) is 5.75 Å². The van der Waals surface area contributed by atoms with Crippen molar-refractivity contribution in [2.75, 3.05) is 27.2 Å². The van der Waals surface area contributed by atoms with Crippen LogP contribution in [0.15, 0.2) is 16.6 Å². The smallest absolute Gasteiger partial charge is 0.123 e. The molecule has 1 atom stereocenters. The third-order valence-electron chi connectivity index (χ3n) is 3.38. The zero-order chi connectivity index (χ0) is 14.6. The Morgan fingerprint density at radius 1 is 1.32 bits per heavy atom. The van der Waals surface area contributed by atoms with Crippen molar-refractivity contribution in [1.82, 2.24) is 9.80 Å². The Morgan fingerprint density at radius 3 is 2.47 bits per heavy atom. The van der Waals surface area contributed by atoms with E-state index < -0.39 is 0 Å². The number of phenolic OH excluding ortho intramolecular Hbond substituents is 1. The molecule has 0 heterocycles. The van der Waals surface area contributed by atoms with Crippen LogP contribution in [0.25, 0.3) is 0 Å². The van der Waals surface area contributed by atoms with Crippen molar-refractivity contribution >= 4 is 15.9 Å². The number of rotatable bonds is 6. The van der Waals surface area contributed by atoms with Gasteiger partial charge < -0.3 is 10.0 Å². The first-order valence-electron chi connectivity index (χ1n) is 6.71. The van der Waals surface area contributed by atoms with Crippen molar-refractivity contribution in [2.45, 2.75) is 33.4 Å². The maximum Gasteiger partial charge on any atom is 0.123 e. The second-order valence-electron chi connectivity index (χ2n) is 5.40. The van der Waals surface area contributed by atoms with Crippen LogP contribution in [0.1, 0.15) is 25.0 Å². The van der Waals surface area contributed by atoms with Crippen molar-refractivity contribution in [1.29, 1.82) is 0 Å². The lowest BCUT2D eigenvalue weighted by molar-refractivity contribution is 0.173. The third-order valence-corrected chi connectivity index (χ3v) is 3.83. The lowest BCUT2D eigenvalue weighted by atomic mass is 10.1. The molecular weight excluding hydrogens is 304 g/mol. The minimum Gasteiger partial charge on any atom is -0.507 e. The van der Waals surface area contributed by atoms with Crippen LogP contribution in [0.4, 0.5) is 0 Å². The predicted molar refractivity (Wildman–Crippen MR) is 84.6 cm³/mol. The molecule has 1 aromatic carbocycles. The molecule has 1 unspecified atom stereocenters. The molecule has 0 aromatic heterocycles. The van der Waals surface area contributed by atoms with Gasteiger partial charge in [0.1, 0.15) is 5.75 Å². The fraction of sp³-hybridized carbons (Fsp3) is 0.600. The molecule has 4 heteroatoms. The van der Waals surface area contributed by atoms with Gasteiger partial charge in [0, 0.05) is 29.2 Å². The van der Waals surface area contributed by atoms with Gasteiger partial charge in [0.15, 0.2) is 0 Å². The van der Waals surface area contributed by atoms with E-state index in [1.54, 1.807) is 0 Å². The van der Waals surface area contributed by atoms with E-state index in [0.717, 1.165) is 35.2 Å². The molecule has 3 nitrogen and oxygen atoms in total. The highest BCUT2D eigenvalue weighted by Gasteiger charge is 2.16. The van der Waals surface area contributed by atoms with Gasteiger partial charge in [-0.1, -0.05) is 22.9 Å². The highest BCUT2D eigenvalue weighted by Crippen LogP contribution is 2.28. The molecule has 0 radical (unpaired) electrons. The molecule has 0 fully saturated rings. The molecule has 108 valence electrons. The fourth-order valence-electron chi connectivity index (χ4n) is 2.37. The largest absolute Gasteiger partial charge is 0.507 e. The van der Waals surface area contributed by atoms with E-state index >= 15 is 0 Å². The van der Waals surface area contributed by atoms with Crippen LogP contribution in [0, 0.1) is 6.92 Å². The Labute approximate surface area is 125 Å². The summed E-state index contributed by atoms with van der Waals surface area (Å²) in [5.41, 5.74) is 1.90. The Kier molecular flexibility index (Phi) is 6.30. The van der Waals surface area contributed by atoms with Crippen LogP contribution in [0.3, 0.4) is 0 Å². The Balaban J connectivity index is 2.86. The van der Waals surface area contributed by atoms with E-state index in [-0.39, 0.29) is 0 Å². The number of likely N-dealkylation sites (N-methyl/N-ethyl adjacent to an activating group) is 2. The van der Waals surface area contributed by atoms with E-state index in [1.165, 1.54) is 0 Å². The summed E-state index contributed by atoms with van der Waals surface area (Å²) in [6, 6.07) is 4.41. The number of nitrogens with zero attached hydrogens (tertiary/aromatic N) is 2. The minimum absolute atomic E-state index is 0.415. The van der Waals surface area contributed by atoms with Crippen LogP contribution in [-0.4, -0.2) is 48.1 Å². The summed E-state index contributed by atoms with van der Waals surface area (Å²) in [5.74, 6) is 0.415. The molecule has 0 aliphatic carbocycles. The van der Waals surface area contributed by atoms with E-state index in [4.69, 9.17) is 0 Å². The Bertz CT molecular complexity index is 421. The number of phenols is 1. The van der Waals surface area contributed by atoms with Gasteiger partial charge in [0.25, 0.3) is 0 Å². The standard InChI is InChI=1S/C15H25BrN2O/c1-6-18(12(3)9-17(4)5)10-13-8-14(16)7-11(2)15(13)19/h7-8,12,19H,6,9-10H2,1-5H3. The van der Waals surface area contributed by atoms with Gasteiger partial charge in [-0.15, -0.1) is 0 Å². The number of hydrogen-bond donors (Lipinski definition) is 1. The minimum atomic E-state index is 0.415. The Hall–Kier alpha value is -0.580. The molecule has 0 spiro atoms. The quantitative estimate of drug-likeness (QED) is 0.868. The van der Waals surface area contributed by atoms with E-state index in [1.807, 2.05) is 19.1 Å². The van der Waals surface area contributed by atoms with E-state index in [9.17, 15) is 5.11 Å². The molecule has 0 amide bonds. The molecular formula is C15H25BrN2O. The number of hydrogen-bond acceptors (Lipinski definition) is 3. The van der Waals surface area contributed by atoms with Crippen molar-refractivity contribution in [3.8, 4) is 5.75 Å². The van der Waals surface area contributed by atoms with Crippen molar-refractivity contribution in [2.24, 2.45) is 0 Å². The monoisotopic (exact) mass is 328 g/mol. The zero-order valence-corrected chi connectivity index (χ0v) is 14.2. The van der Waals surface area contributed by atoms with Gasteiger partial charge in [-0.3, -0.25) is 4.90 Å². The second-order valence-corrected chi connectivity index (χ2v) is 6.32. The van der Waals surface area contributed by atoms with Crippen LogP contribution >= 0.6 is 15.9 Å². The maximum absolute atomic E-state index is 10.2. The summed E-state index contributed by atoms with van der Waals surface area (Å²) in [6.07, 6.45) is 0. The second kappa shape index (κ2) is 7.27. The molecule has 0 saturated heterocycles. The Morgan fingerprint density at radius 2 is 1.95 bits per heavy atom. The van der Waals surface area contributed by atoms with Gasteiger partial charge in [0.2, 0.25) is 0 Å². The van der Waals surface area contributed by atoms with E-state index in [2.05, 4.69) is 53.7 Å². The zero-order valence-electron chi connectivity index (χ0n) is 12.6. The molecule has 1 rings (SSSR count). The number of halogens is 1. The SMILES string of the molecule is CCN(Cc1cc(Br)cc(C)c1O)C(C)CN(C)C. The maximum atomic E-state index is 10.2. The highest BCUT2D eigenvalue weighted by molar-refractivity contribution is 9.10. The van der Waals surface area contributed by atoms with Gasteiger partial charge in [0.05, 0.1) is 0 Å². The molecule has 1 aromatic rings. The van der Waals surface area contributed by atoms with Gasteiger partial charge >= 0.3 is 0 Å². The topological polar surface area (TPSA) is 26.7 Å². The first-order valence-corrected chi connectivity index (χ1v) is 7.51. The average molecular weight is 329 g/mol. The summed E-state index contributed by atoms with van der Waals surface area (Å²) < 4.78 is 1.02. The van der Waals surface area contributed by atoms with Crippen LogP contribution < -0.4 is 0 Å². The van der Waals surface area contributed by atoms with E-state index in [0.29, 0.717) is 11.8 Å². The van der Waals surface area contributed by atoms with Gasteiger partial charge in [-0.2, -0.15) is 0 Å². The molecule has 0 aliphatic rings.